The van der Waals surface area contributed by atoms with Crippen LogP contribution in [0.4, 0.5) is 8.78 Å². The van der Waals surface area contributed by atoms with Crippen LogP contribution in [-0.2, 0) is 16.8 Å². The van der Waals surface area contributed by atoms with Crippen LogP contribution in [0.5, 0.6) is 0 Å². The molecule has 1 heterocycles. The number of carbonyl (C=O) groups is 1. The van der Waals surface area contributed by atoms with Crippen molar-refractivity contribution in [2.24, 2.45) is 0 Å². The van der Waals surface area contributed by atoms with Gasteiger partial charge in [-0.1, -0.05) is 17.6 Å². The van der Waals surface area contributed by atoms with Crippen LogP contribution in [0.25, 0.3) is 0 Å². The third-order valence-corrected chi connectivity index (χ3v) is 4.36. The molecule has 3 rings (SSSR count). The van der Waals surface area contributed by atoms with Gasteiger partial charge in [0.05, 0.1) is 12.0 Å². The van der Waals surface area contributed by atoms with Crippen molar-refractivity contribution < 1.29 is 18.1 Å². The number of carbonyl (C=O) groups excluding carboxylic acids is 1. The van der Waals surface area contributed by atoms with Crippen molar-refractivity contribution in [3.63, 3.8) is 0 Å². The molecule has 0 N–H and O–H groups in total. The Bertz CT molecular complexity index is 741. The zero-order valence-corrected chi connectivity index (χ0v) is 13.0. The molecule has 122 valence electrons. The molecule has 0 bridgehead atoms. The summed E-state index contributed by atoms with van der Waals surface area (Å²) in [5, 5.41) is 3.76. The Kier molecular flexibility index (Phi) is 3.87. The molecule has 0 atom stereocenters. The Labute approximate surface area is 132 Å². The molecule has 1 aliphatic carbocycles. The van der Waals surface area contributed by atoms with Gasteiger partial charge in [-0.05, 0) is 18.9 Å². The fourth-order valence-corrected chi connectivity index (χ4v) is 3.06. The second kappa shape index (κ2) is 5.72. The molecule has 1 fully saturated rings. The summed E-state index contributed by atoms with van der Waals surface area (Å²) in [7, 11) is 1.62. The molecule has 0 radical (unpaired) electrons. The summed E-state index contributed by atoms with van der Waals surface area (Å²) in [4.78, 5) is 18.4. The van der Waals surface area contributed by atoms with Gasteiger partial charge in [-0.3, -0.25) is 4.79 Å². The highest BCUT2D eigenvalue weighted by molar-refractivity contribution is 5.89. The first-order valence-electron chi connectivity index (χ1n) is 7.43. The quantitative estimate of drug-likeness (QED) is 0.869. The van der Waals surface area contributed by atoms with Gasteiger partial charge in [0.25, 0.3) is 0 Å². The van der Waals surface area contributed by atoms with Gasteiger partial charge >= 0.3 is 0 Å². The maximum Gasteiger partial charge on any atom is 0.233 e. The summed E-state index contributed by atoms with van der Waals surface area (Å²) >= 11 is 0. The van der Waals surface area contributed by atoms with Crippen LogP contribution in [-0.4, -0.2) is 28.0 Å². The van der Waals surface area contributed by atoms with E-state index in [9.17, 15) is 13.6 Å². The summed E-state index contributed by atoms with van der Waals surface area (Å²) in [6.45, 7) is 1.85. The largest absolute Gasteiger partial charge is 0.340 e. The van der Waals surface area contributed by atoms with Crippen molar-refractivity contribution in [2.75, 3.05) is 7.05 Å². The predicted molar refractivity (Wildman–Crippen MR) is 77.4 cm³/mol. The number of aromatic nitrogens is 2. The van der Waals surface area contributed by atoms with Crippen LogP contribution in [0, 0.1) is 18.6 Å². The lowest BCUT2D eigenvalue weighted by Gasteiger charge is -2.43. The van der Waals surface area contributed by atoms with Crippen LogP contribution < -0.4 is 0 Å². The second-order valence-electron chi connectivity index (χ2n) is 5.95. The molecule has 0 spiro atoms. The molecule has 0 unspecified atom stereocenters. The lowest BCUT2D eigenvalue weighted by Crippen LogP contribution is -2.50. The normalized spacial score (nSPS) is 16.0. The highest BCUT2D eigenvalue weighted by atomic mass is 19.1. The van der Waals surface area contributed by atoms with E-state index in [0.717, 1.165) is 12.5 Å². The summed E-state index contributed by atoms with van der Waals surface area (Å²) in [5.74, 6) is -0.724. The van der Waals surface area contributed by atoms with Crippen LogP contribution in [0.15, 0.2) is 22.7 Å². The molecule has 0 saturated heterocycles. The van der Waals surface area contributed by atoms with E-state index in [4.69, 9.17) is 4.52 Å². The minimum Gasteiger partial charge on any atom is -0.340 e. The zero-order valence-electron chi connectivity index (χ0n) is 13.0. The van der Waals surface area contributed by atoms with E-state index in [1.54, 1.807) is 14.0 Å². The van der Waals surface area contributed by atoms with E-state index in [2.05, 4.69) is 10.1 Å². The van der Waals surface area contributed by atoms with Crippen molar-refractivity contribution in [1.29, 1.82) is 0 Å². The molecule has 5 nitrogen and oxygen atoms in total. The van der Waals surface area contributed by atoms with E-state index >= 15 is 0 Å². The Morgan fingerprint density at radius 2 is 2.13 bits per heavy atom. The lowest BCUT2D eigenvalue weighted by molar-refractivity contribution is -0.140. The molecule has 0 aliphatic heterocycles. The monoisotopic (exact) mass is 321 g/mol. The third kappa shape index (κ3) is 2.71. The number of nitrogens with zero attached hydrogens (tertiary/aromatic N) is 3. The summed E-state index contributed by atoms with van der Waals surface area (Å²) in [5.41, 5.74) is -0.669. The van der Waals surface area contributed by atoms with Gasteiger partial charge in [-0.15, -0.1) is 0 Å². The SMILES string of the molecule is Cc1nc(CN(C)C(=O)C2(c3ccc(F)cc3F)CCC2)no1. The average Bonchev–Trinajstić information content (AvgIpc) is 2.85. The first-order valence-corrected chi connectivity index (χ1v) is 7.43. The first-order chi connectivity index (χ1) is 10.9. The van der Waals surface area contributed by atoms with Gasteiger partial charge in [0, 0.05) is 25.6 Å². The maximum absolute atomic E-state index is 14.2. The zero-order chi connectivity index (χ0) is 16.6. The van der Waals surface area contributed by atoms with Crippen molar-refractivity contribution in [2.45, 2.75) is 38.1 Å². The molecular formula is C16H17F2N3O2. The number of benzene rings is 1. The number of likely N-dealkylation sites (N-methyl/N-ethyl adjacent to an activating group) is 1. The predicted octanol–water partition coefficient (Wildman–Crippen LogP) is 2.74. The third-order valence-electron chi connectivity index (χ3n) is 4.36. The van der Waals surface area contributed by atoms with Crippen molar-refractivity contribution in [3.05, 3.63) is 47.1 Å². The minimum absolute atomic E-state index is 0.181. The van der Waals surface area contributed by atoms with Gasteiger partial charge in [0.1, 0.15) is 11.6 Å². The second-order valence-corrected chi connectivity index (χ2v) is 5.95. The fraction of sp³-hybridized carbons (Fsp3) is 0.438. The summed E-state index contributed by atoms with van der Waals surface area (Å²) in [6.07, 6.45) is 1.92. The van der Waals surface area contributed by atoms with Gasteiger partial charge in [0.2, 0.25) is 11.8 Å². The number of hydrogen-bond donors (Lipinski definition) is 0. The number of rotatable bonds is 4. The van der Waals surface area contributed by atoms with E-state index in [0.29, 0.717) is 24.6 Å². The standard InChI is InChI=1S/C16H17F2N3O2/c1-10-19-14(20-23-10)9-21(2)15(22)16(6-3-7-16)12-5-4-11(17)8-13(12)18/h4-5,8H,3,6-7,9H2,1-2H3. The van der Waals surface area contributed by atoms with Crippen molar-refractivity contribution >= 4 is 5.91 Å². The fourth-order valence-electron chi connectivity index (χ4n) is 3.06. The Hall–Kier alpha value is -2.31. The Morgan fingerprint density at radius 1 is 1.39 bits per heavy atom. The minimum atomic E-state index is -0.925. The topological polar surface area (TPSA) is 59.2 Å². The molecule has 2 aromatic rings. The first kappa shape index (κ1) is 15.6. The smallest absolute Gasteiger partial charge is 0.233 e. The van der Waals surface area contributed by atoms with Gasteiger partial charge in [-0.25, -0.2) is 8.78 Å². The Morgan fingerprint density at radius 3 is 2.65 bits per heavy atom. The molecule has 1 aromatic heterocycles. The van der Waals surface area contributed by atoms with Crippen LogP contribution in [0.2, 0.25) is 0 Å². The van der Waals surface area contributed by atoms with Crippen molar-refractivity contribution in [3.8, 4) is 0 Å². The molecule has 1 aliphatic rings. The van der Waals surface area contributed by atoms with Gasteiger partial charge in [-0.2, -0.15) is 4.98 Å². The summed E-state index contributed by atoms with van der Waals surface area (Å²) in [6, 6.07) is 3.38. The number of hydrogen-bond acceptors (Lipinski definition) is 4. The van der Waals surface area contributed by atoms with Gasteiger partial charge in [0.15, 0.2) is 5.82 Å². The van der Waals surface area contributed by atoms with E-state index < -0.39 is 17.0 Å². The molecular weight excluding hydrogens is 304 g/mol. The maximum atomic E-state index is 14.2. The van der Waals surface area contributed by atoms with Gasteiger partial charge < -0.3 is 9.42 Å². The molecule has 1 saturated carbocycles. The van der Waals surface area contributed by atoms with Crippen LogP contribution in [0.3, 0.4) is 0 Å². The van der Waals surface area contributed by atoms with Crippen LogP contribution in [0.1, 0.15) is 36.5 Å². The average molecular weight is 321 g/mol. The van der Waals surface area contributed by atoms with E-state index in [1.807, 2.05) is 0 Å². The number of halogens is 2. The molecule has 23 heavy (non-hydrogen) atoms. The molecule has 1 aromatic carbocycles. The van der Waals surface area contributed by atoms with Crippen molar-refractivity contribution in [1.82, 2.24) is 15.0 Å². The number of amides is 1. The molecule has 1 amide bonds. The molecule has 7 heteroatoms. The lowest BCUT2D eigenvalue weighted by atomic mass is 9.63. The number of aryl methyl sites for hydroxylation is 1. The Balaban J connectivity index is 1.85. The van der Waals surface area contributed by atoms with Crippen LogP contribution >= 0.6 is 0 Å². The van der Waals surface area contributed by atoms with E-state index in [1.165, 1.54) is 17.0 Å². The highest BCUT2D eigenvalue weighted by Gasteiger charge is 2.48. The van der Waals surface area contributed by atoms with E-state index in [-0.39, 0.29) is 18.0 Å². The highest BCUT2D eigenvalue weighted by Crippen LogP contribution is 2.46. The summed E-state index contributed by atoms with van der Waals surface area (Å²) < 4.78 is 32.2.